The van der Waals surface area contributed by atoms with Crippen LogP contribution in [-0.2, 0) is 4.79 Å². The minimum Gasteiger partial charge on any atom is -0.374 e. The van der Waals surface area contributed by atoms with Crippen LogP contribution < -0.4 is 10.7 Å². The Balaban J connectivity index is 1.62. The number of hydrogen-bond donors (Lipinski definition) is 3. The normalized spacial score (nSPS) is 12.4. The van der Waals surface area contributed by atoms with Crippen LogP contribution in [0.25, 0.3) is 10.9 Å². The molecule has 0 radical (unpaired) electrons. The van der Waals surface area contributed by atoms with Gasteiger partial charge >= 0.3 is 0 Å². The number of carbonyl (C=O) groups excluding carboxylic acids is 1. The van der Waals surface area contributed by atoms with Gasteiger partial charge in [0.25, 0.3) is 5.91 Å². The lowest BCUT2D eigenvalue weighted by Crippen LogP contribution is -2.36. The summed E-state index contributed by atoms with van der Waals surface area (Å²) in [5.41, 5.74) is 5.48. The summed E-state index contributed by atoms with van der Waals surface area (Å²) in [5, 5.41) is 8.38. The second-order valence-electron chi connectivity index (χ2n) is 5.64. The summed E-state index contributed by atoms with van der Waals surface area (Å²) in [7, 11) is 0. The number of carbonyl (C=O) groups is 1. The molecule has 0 unspecified atom stereocenters. The standard InChI is InChI=1S/C19H19BrN4O/c1-2-17(23-15-9-7-14(20)8-10-15)19(25)24-22-12-13-11-21-18-6-4-3-5-16(13)18/h3-12,17,21,23H,2H2,1H3,(H,24,25)/b22-12+/t17-/m0/s1. The van der Waals surface area contributed by atoms with Gasteiger partial charge in [-0.15, -0.1) is 0 Å². The summed E-state index contributed by atoms with van der Waals surface area (Å²) >= 11 is 3.40. The number of fused-ring (bicyclic) bond motifs is 1. The van der Waals surface area contributed by atoms with Crippen molar-refractivity contribution in [3.8, 4) is 0 Å². The van der Waals surface area contributed by atoms with Gasteiger partial charge in [-0.05, 0) is 36.8 Å². The Kier molecular flexibility index (Phi) is 5.50. The fourth-order valence-corrected chi connectivity index (χ4v) is 2.81. The SMILES string of the molecule is CC[C@H](Nc1ccc(Br)cc1)C(=O)N/N=C/c1c[nH]c2ccccc12. The van der Waals surface area contributed by atoms with Crippen molar-refractivity contribution in [2.24, 2.45) is 5.10 Å². The third-order valence-corrected chi connectivity index (χ3v) is 4.44. The molecule has 25 heavy (non-hydrogen) atoms. The molecule has 0 fully saturated rings. The number of halogens is 1. The minimum atomic E-state index is -0.346. The Morgan fingerprint density at radius 1 is 1.24 bits per heavy atom. The van der Waals surface area contributed by atoms with Crippen LogP contribution in [0.5, 0.6) is 0 Å². The van der Waals surface area contributed by atoms with E-state index in [4.69, 9.17) is 0 Å². The third-order valence-electron chi connectivity index (χ3n) is 3.91. The molecule has 128 valence electrons. The first kappa shape index (κ1) is 17.2. The Morgan fingerprint density at radius 2 is 2.00 bits per heavy atom. The van der Waals surface area contributed by atoms with Crippen molar-refractivity contribution in [2.75, 3.05) is 5.32 Å². The minimum absolute atomic E-state index is 0.165. The molecule has 0 saturated heterocycles. The Bertz CT molecular complexity index is 886. The van der Waals surface area contributed by atoms with Crippen LogP contribution in [-0.4, -0.2) is 23.1 Å². The molecule has 0 aliphatic carbocycles. The van der Waals surface area contributed by atoms with Gasteiger partial charge in [0.2, 0.25) is 0 Å². The van der Waals surface area contributed by atoms with Gasteiger partial charge in [-0.3, -0.25) is 4.79 Å². The molecule has 0 bridgehead atoms. The zero-order chi connectivity index (χ0) is 17.6. The fourth-order valence-electron chi connectivity index (χ4n) is 2.54. The molecule has 0 aliphatic rings. The molecular formula is C19H19BrN4O. The van der Waals surface area contributed by atoms with Crippen LogP contribution in [0.4, 0.5) is 5.69 Å². The van der Waals surface area contributed by atoms with Gasteiger partial charge in [0, 0.05) is 32.8 Å². The summed E-state index contributed by atoms with van der Waals surface area (Å²) in [6, 6.07) is 15.3. The van der Waals surface area contributed by atoms with Crippen molar-refractivity contribution in [2.45, 2.75) is 19.4 Å². The highest BCUT2D eigenvalue weighted by atomic mass is 79.9. The zero-order valence-electron chi connectivity index (χ0n) is 13.8. The van der Waals surface area contributed by atoms with E-state index in [0.717, 1.165) is 26.6 Å². The van der Waals surface area contributed by atoms with Crippen LogP contribution >= 0.6 is 15.9 Å². The number of anilines is 1. The maximum Gasteiger partial charge on any atom is 0.262 e. The quantitative estimate of drug-likeness (QED) is 0.428. The first-order valence-corrected chi connectivity index (χ1v) is 8.88. The van der Waals surface area contributed by atoms with Crippen molar-refractivity contribution >= 4 is 44.6 Å². The first-order valence-electron chi connectivity index (χ1n) is 8.08. The van der Waals surface area contributed by atoms with Gasteiger partial charge in [-0.1, -0.05) is 41.1 Å². The van der Waals surface area contributed by atoms with E-state index in [2.05, 4.69) is 36.8 Å². The lowest BCUT2D eigenvalue weighted by molar-refractivity contribution is -0.121. The molecule has 6 heteroatoms. The molecular weight excluding hydrogens is 380 g/mol. The molecule has 1 aromatic heterocycles. The lowest BCUT2D eigenvalue weighted by atomic mass is 10.2. The maximum absolute atomic E-state index is 12.3. The number of amides is 1. The number of aromatic amines is 1. The highest BCUT2D eigenvalue weighted by Crippen LogP contribution is 2.16. The smallest absolute Gasteiger partial charge is 0.262 e. The number of H-pyrrole nitrogens is 1. The molecule has 5 nitrogen and oxygen atoms in total. The third kappa shape index (κ3) is 4.28. The summed E-state index contributed by atoms with van der Waals surface area (Å²) in [6.07, 6.45) is 4.19. The van der Waals surface area contributed by atoms with E-state index in [1.165, 1.54) is 0 Å². The van der Waals surface area contributed by atoms with E-state index in [9.17, 15) is 4.79 Å². The van der Waals surface area contributed by atoms with E-state index in [1.807, 2.05) is 61.7 Å². The predicted molar refractivity (Wildman–Crippen MR) is 106 cm³/mol. The molecule has 3 rings (SSSR count). The van der Waals surface area contributed by atoms with Crippen molar-refractivity contribution in [3.63, 3.8) is 0 Å². The average molecular weight is 399 g/mol. The lowest BCUT2D eigenvalue weighted by Gasteiger charge is -2.16. The van der Waals surface area contributed by atoms with E-state index >= 15 is 0 Å². The van der Waals surface area contributed by atoms with Gasteiger partial charge in [0.05, 0.1) is 6.21 Å². The number of nitrogens with one attached hydrogen (secondary N) is 3. The van der Waals surface area contributed by atoms with Crippen LogP contribution in [0.1, 0.15) is 18.9 Å². The molecule has 1 amide bonds. The van der Waals surface area contributed by atoms with Crippen LogP contribution in [0.2, 0.25) is 0 Å². The van der Waals surface area contributed by atoms with E-state index in [-0.39, 0.29) is 11.9 Å². The maximum atomic E-state index is 12.3. The van der Waals surface area contributed by atoms with E-state index < -0.39 is 0 Å². The first-order chi connectivity index (χ1) is 12.2. The summed E-state index contributed by atoms with van der Waals surface area (Å²) < 4.78 is 0.999. The van der Waals surface area contributed by atoms with Crippen molar-refractivity contribution in [3.05, 3.63) is 64.8 Å². The average Bonchev–Trinajstić information content (AvgIpc) is 3.04. The molecule has 0 aliphatic heterocycles. The number of rotatable bonds is 6. The van der Waals surface area contributed by atoms with Gasteiger partial charge in [0.1, 0.15) is 6.04 Å². The van der Waals surface area contributed by atoms with Gasteiger partial charge in [-0.2, -0.15) is 5.10 Å². The van der Waals surface area contributed by atoms with Crippen LogP contribution in [0.15, 0.2) is 64.3 Å². The van der Waals surface area contributed by atoms with Gasteiger partial charge in [0.15, 0.2) is 0 Å². The van der Waals surface area contributed by atoms with Crippen LogP contribution in [0.3, 0.4) is 0 Å². The van der Waals surface area contributed by atoms with Crippen LogP contribution in [0, 0.1) is 0 Å². The topological polar surface area (TPSA) is 69.3 Å². The zero-order valence-corrected chi connectivity index (χ0v) is 15.4. The Labute approximate surface area is 154 Å². The highest BCUT2D eigenvalue weighted by molar-refractivity contribution is 9.10. The van der Waals surface area contributed by atoms with Crippen molar-refractivity contribution < 1.29 is 4.79 Å². The molecule has 0 spiro atoms. The van der Waals surface area contributed by atoms with Crippen molar-refractivity contribution in [1.82, 2.24) is 10.4 Å². The molecule has 2 aromatic carbocycles. The number of hydrogen-bond acceptors (Lipinski definition) is 3. The number of benzene rings is 2. The number of para-hydroxylation sites is 1. The summed E-state index contributed by atoms with van der Waals surface area (Å²) in [6.45, 7) is 1.96. The molecule has 1 atom stereocenters. The van der Waals surface area contributed by atoms with Gasteiger partial charge in [-0.25, -0.2) is 5.43 Å². The Hall–Kier alpha value is -2.60. The van der Waals surface area contributed by atoms with E-state index in [0.29, 0.717) is 6.42 Å². The highest BCUT2D eigenvalue weighted by Gasteiger charge is 2.15. The fraction of sp³-hybridized carbons (Fsp3) is 0.158. The van der Waals surface area contributed by atoms with Gasteiger partial charge < -0.3 is 10.3 Å². The molecule has 3 N–H and O–H groups in total. The monoisotopic (exact) mass is 398 g/mol. The number of nitrogens with zero attached hydrogens (tertiary/aromatic N) is 1. The Morgan fingerprint density at radius 3 is 2.76 bits per heavy atom. The molecule has 3 aromatic rings. The largest absolute Gasteiger partial charge is 0.374 e. The second-order valence-corrected chi connectivity index (χ2v) is 6.55. The predicted octanol–water partition coefficient (Wildman–Crippen LogP) is 4.27. The molecule has 0 saturated carbocycles. The molecule has 1 heterocycles. The second kappa shape index (κ2) is 7.98. The number of aromatic nitrogens is 1. The number of hydrazone groups is 1. The summed E-state index contributed by atoms with van der Waals surface area (Å²) in [4.78, 5) is 15.5. The summed E-state index contributed by atoms with van der Waals surface area (Å²) in [5.74, 6) is -0.165. The van der Waals surface area contributed by atoms with Crippen molar-refractivity contribution in [1.29, 1.82) is 0 Å². The van der Waals surface area contributed by atoms with E-state index in [1.54, 1.807) is 6.21 Å².